The first-order chi connectivity index (χ1) is 17.7. The molecule has 192 valence electrons. The summed E-state index contributed by atoms with van der Waals surface area (Å²) in [7, 11) is 1.52. The smallest absolute Gasteiger partial charge is 0.186 e. The Hall–Kier alpha value is -2.62. The summed E-state index contributed by atoms with van der Waals surface area (Å²) in [6.45, 7) is 0.407. The van der Waals surface area contributed by atoms with Crippen LogP contribution < -0.4 is 0 Å². The van der Waals surface area contributed by atoms with Crippen LogP contribution in [0.4, 0.5) is 0 Å². The largest absolute Gasteiger partial charge is 0.394 e. The summed E-state index contributed by atoms with van der Waals surface area (Å²) in [5.41, 5.74) is 2.95. The van der Waals surface area contributed by atoms with Crippen LogP contribution in [-0.2, 0) is 43.5 Å². The van der Waals surface area contributed by atoms with E-state index in [0.717, 1.165) is 16.7 Å². The van der Waals surface area contributed by atoms with Gasteiger partial charge in [-0.1, -0.05) is 91.0 Å². The fourth-order valence-electron chi connectivity index (χ4n) is 4.29. The average molecular weight is 495 g/mol. The van der Waals surface area contributed by atoms with Crippen molar-refractivity contribution >= 4 is 0 Å². The van der Waals surface area contributed by atoms with Gasteiger partial charge in [-0.3, -0.25) is 0 Å². The minimum atomic E-state index is -1.19. The second-order valence-corrected chi connectivity index (χ2v) is 8.74. The van der Waals surface area contributed by atoms with E-state index in [-0.39, 0.29) is 6.61 Å². The molecule has 6 atom stereocenters. The lowest BCUT2D eigenvalue weighted by Gasteiger charge is -2.46. The first-order valence-corrected chi connectivity index (χ1v) is 12.1. The molecule has 3 aromatic carbocycles. The van der Waals surface area contributed by atoms with Gasteiger partial charge in [0, 0.05) is 7.11 Å². The molecule has 0 bridgehead atoms. The lowest BCUT2D eigenvalue weighted by atomic mass is 9.94. The molecule has 4 rings (SSSR count). The summed E-state index contributed by atoms with van der Waals surface area (Å²) in [5, 5.41) is 20.4. The number of benzene rings is 3. The molecule has 2 N–H and O–H groups in total. The molecule has 0 unspecified atom stereocenters. The Morgan fingerprint density at radius 1 is 0.667 bits per heavy atom. The van der Waals surface area contributed by atoms with E-state index >= 15 is 0 Å². The molecule has 1 fully saturated rings. The molecule has 0 spiro atoms. The van der Waals surface area contributed by atoms with Gasteiger partial charge in [-0.25, -0.2) is 0 Å². The summed E-state index contributed by atoms with van der Waals surface area (Å²) in [4.78, 5) is 0. The highest BCUT2D eigenvalue weighted by atomic mass is 16.7. The van der Waals surface area contributed by atoms with E-state index in [1.807, 2.05) is 91.0 Å². The third-order valence-electron chi connectivity index (χ3n) is 6.19. The van der Waals surface area contributed by atoms with Crippen LogP contribution in [0.1, 0.15) is 16.7 Å². The molecule has 36 heavy (non-hydrogen) atoms. The first kappa shape index (κ1) is 26.4. The maximum Gasteiger partial charge on any atom is 0.186 e. The van der Waals surface area contributed by atoms with Crippen LogP contribution in [-0.4, -0.2) is 60.7 Å². The molecule has 7 heteroatoms. The topological polar surface area (TPSA) is 86.6 Å². The number of hydrogen-bond acceptors (Lipinski definition) is 7. The Labute approximate surface area is 212 Å². The minimum absolute atomic E-state index is 0.276. The SMILES string of the molecule is CO[C@H]1O[C@H]([C@H](O)CO)[C@@H](OCc2ccccc2)[C@H](OCc2ccccc2)[C@H]1OCc1ccccc1. The van der Waals surface area contributed by atoms with Gasteiger partial charge in [-0.15, -0.1) is 0 Å². The molecule has 0 radical (unpaired) electrons. The first-order valence-electron chi connectivity index (χ1n) is 12.1. The number of ether oxygens (including phenoxy) is 5. The fraction of sp³-hybridized carbons (Fsp3) is 0.379. The highest BCUT2D eigenvalue weighted by Gasteiger charge is 2.50. The van der Waals surface area contributed by atoms with Crippen molar-refractivity contribution in [2.45, 2.75) is 56.6 Å². The van der Waals surface area contributed by atoms with E-state index in [2.05, 4.69) is 0 Å². The van der Waals surface area contributed by atoms with Crippen molar-refractivity contribution < 1.29 is 33.9 Å². The number of rotatable bonds is 12. The van der Waals surface area contributed by atoms with Crippen LogP contribution in [0.2, 0.25) is 0 Å². The molecule has 0 aromatic heterocycles. The standard InChI is InChI=1S/C29H34O7/c1-32-29-28(35-20-23-15-9-4-10-16-23)27(34-19-22-13-7-3-8-14-22)26(25(36-29)24(31)17-30)33-18-21-11-5-2-6-12-21/h2-16,24-31H,17-20H2,1H3/t24-,25-,26-,27+,28-,29+/m1/s1. The molecular weight excluding hydrogens is 460 g/mol. The van der Waals surface area contributed by atoms with Crippen LogP contribution in [0.15, 0.2) is 91.0 Å². The highest BCUT2D eigenvalue weighted by molar-refractivity contribution is 5.15. The third-order valence-corrected chi connectivity index (χ3v) is 6.19. The summed E-state index contributed by atoms with van der Waals surface area (Å²) in [6.07, 6.45) is -4.95. The van der Waals surface area contributed by atoms with Crippen molar-refractivity contribution in [2.75, 3.05) is 13.7 Å². The Morgan fingerprint density at radius 3 is 1.50 bits per heavy atom. The Bertz CT molecular complexity index is 1000. The Kier molecular flexibility index (Phi) is 10.0. The number of hydrogen-bond donors (Lipinski definition) is 2. The molecule has 0 saturated carbocycles. The van der Waals surface area contributed by atoms with E-state index in [1.54, 1.807) is 0 Å². The van der Waals surface area contributed by atoms with Gasteiger partial charge in [0.2, 0.25) is 0 Å². The highest BCUT2D eigenvalue weighted by Crippen LogP contribution is 2.32. The van der Waals surface area contributed by atoms with E-state index in [0.29, 0.717) is 13.2 Å². The quantitative estimate of drug-likeness (QED) is 0.399. The van der Waals surface area contributed by atoms with Crippen molar-refractivity contribution in [1.29, 1.82) is 0 Å². The predicted octanol–water partition coefficient (Wildman–Crippen LogP) is 3.47. The van der Waals surface area contributed by atoms with Crippen molar-refractivity contribution in [2.24, 2.45) is 0 Å². The van der Waals surface area contributed by atoms with Crippen LogP contribution in [0.3, 0.4) is 0 Å². The van der Waals surface area contributed by atoms with Gasteiger partial charge in [0.15, 0.2) is 6.29 Å². The second-order valence-electron chi connectivity index (χ2n) is 8.74. The molecule has 0 aliphatic carbocycles. The third kappa shape index (κ3) is 6.99. The summed E-state index contributed by atoms with van der Waals surface area (Å²) in [6, 6.07) is 29.4. The van der Waals surface area contributed by atoms with Gasteiger partial charge in [0.1, 0.15) is 30.5 Å². The Balaban J connectivity index is 1.61. The van der Waals surface area contributed by atoms with Gasteiger partial charge in [0.05, 0.1) is 26.4 Å². The van der Waals surface area contributed by atoms with Crippen LogP contribution in [0.5, 0.6) is 0 Å². The van der Waals surface area contributed by atoms with Gasteiger partial charge in [-0.2, -0.15) is 0 Å². The van der Waals surface area contributed by atoms with E-state index in [9.17, 15) is 10.2 Å². The molecule has 1 aliphatic heterocycles. The predicted molar refractivity (Wildman–Crippen MR) is 134 cm³/mol. The maximum absolute atomic E-state index is 10.7. The van der Waals surface area contributed by atoms with Crippen LogP contribution >= 0.6 is 0 Å². The lowest BCUT2D eigenvalue weighted by molar-refractivity contribution is -0.330. The van der Waals surface area contributed by atoms with E-state index < -0.39 is 43.4 Å². The van der Waals surface area contributed by atoms with Gasteiger partial charge >= 0.3 is 0 Å². The number of aliphatic hydroxyl groups is 2. The molecular formula is C29H34O7. The number of methoxy groups -OCH3 is 1. The lowest BCUT2D eigenvalue weighted by Crippen LogP contribution is -2.63. The molecule has 3 aromatic rings. The Morgan fingerprint density at radius 2 is 1.08 bits per heavy atom. The molecule has 1 saturated heterocycles. The molecule has 1 aliphatic rings. The zero-order chi connectivity index (χ0) is 25.2. The number of aliphatic hydroxyl groups excluding tert-OH is 2. The van der Waals surface area contributed by atoms with E-state index in [1.165, 1.54) is 7.11 Å². The molecule has 1 heterocycles. The van der Waals surface area contributed by atoms with Crippen molar-refractivity contribution in [3.63, 3.8) is 0 Å². The second kappa shape index (κ2) is 13.6. The summed E-state index contributed by atoms with van der Waals surface area (Å²) in [5.74, 6) is 0. The fourth-order valence-corrected chi connectivity index (χ4v) is 4.29. The summed E-state index contributed by atoms with van der Waals surface area (Å²) >= 11 is 0. The average Bonchev–Trinajstić information content (AvgIpc) is 2.94. The monoisotopic (exact) mass is 494 g/mol. The normalized spacial score (nSPS) is 24.9. The van der Waals surface area contributed by atoms with Gasteiger partial charge < -0.3 is 33.9 Å². The van der Waals surface area contributed by atoms with Gasteiger partial charge in [-0.05, 0) is 16.7 Å². The van der Waals surface area contributed by atoms with Gasteiger partial charge in [0.25, 0.3) is 0 Å². The van der Waals surface area contributed by atoms with Crippen molar-refractivity contribution in [1.82, 2.24) is 0 Å². The molecule has 7 nitrogen and oxygen atoms in total. The zero-order valence-electron chi connectivity index (χ0n) is 20.4. The van der Waals surface area contributed by atoms with E-state index in [4.69, 9.17) is 23.7 Å². The minimum Gasteiger partial charge on any atom is -0.394 e. The zero-order valence-corrected chi connectivity index (χ0v) is 20.4. The van der Waals surface area contributed by atoms with Crippen molar-refractivity contribution in [3.8, 4) is 0 Å². The van der Waals surface area contributed by atoms with Crippen molar-refractivity contribution in [3.05, 3.63) is 108 Å². The van der Waals surface area contributed by atoms with Crippen LogP contribution in [0, 0.1) is 0 Å². The van der Waals surface area contributed by atoms with Crippen LogP contribution in [0.25, 0.3) is 0 Å². The maximum atomic E-state index is 10.7. The molecule has 0 amide bonds. The summed E-state index contributed by atoms with van der Waals surface area (Å²) < 4.78 is 30.8.